The molecule has 0 N–H and O–H groups in total. The fourth-order valence-electron chi connectivity index (χ4n) is 10.3. The van der Waals surface area contributed by atoms with Crippen LogP contribution in [-0.2, 0) is 0 Å². The van der Waals surface area contributed by atoms with E-state index in [9.17, 15) is 0 Å². The van der Waals surface area contributed by atoms with Gasteiger partial charge in [-0.1, -0.05) is 217 Å². The smallest absolute Gasteiger partial charge is 0.0961 e. The molecule has 62 heavy (non-hydrogen) atoms. The molecule has 0 heterocycles. The Morgan fingerprint density at radius 1 is 0.210 bits per heavy atom. The van der Waals surface area contributed by atoms with Crippen LogP contribution < -0.4 is 10.9 Å². The minimum absolute atomic E-state index is 0.740. The van der Waals surface area contributed by atoms with Gasteiger partial charge in [0.1, 0.15) is 15.7 Å². The molecule has 0 aliphatic rings. The first-order valence-corrected chi connectivity index (χ1v) is 21.3. The van der Waals surface area contributed by atoms with Gasteiger partial charge >= 0.3 is 0 Å². The van der Waals surface area contributed by atoms with Gasteiger partial charge in [0.25, 0.3) is 0 Å². The van der Waals surface area contributed by atoms with Gasteiger partial charge in [0.2, 0.25) is 0 Å². The molecule has 0 aliphatic heterocycles. The summed E-state index contributed by atoms with van der Waals surface area (Å²) < 4.78 is 0. The van der Waals surface area contributed by atoms with E-state index in [1.54, 1.807) is 0 Å². The molecule has 0 amide bonds. The van der Waals surface area contributed by atoms with Crippen LogP contribution in [0.4, 0.5) is 0 Å². The van der Waals surface area contributed by atoms with Crippen LogP contribution in [0.15, 0.2) is 218 Å². The van der Waals surface area contributed by atoms with Crippen molar-refractivity contribution in [3.8, 4) is 66.8 Å². The first-order chi connectivity index (χ1) is 30.6. The Bertz CT molecular complexity index is 3420. The molecular weight excluding hydrogens is 742 g/mol. The summed E-state index contributed by atoms with van der Waals surface area (Å²) in [5.41, 5.74) is 15.4. The molecule has 0 spiro atoms. The average Bonchev–Trinajstić information content (AvgIpc) is 3.33. The standard InChI is InChI=1S/C60H36B2/c61-43-27-13-25-41(33-43)51-35-49(37-17-5-1-6-18-37)57-45-29-15-32-48-55(45)56-46(30-16-31-47(56)59(57)53(51)39-21-9-3-10-22-39)58-50(38-19-7-2-8-20-38)36-52(42-26-14-28-44(62)34-42)54(60(48)58)40-23-11-4-12-24-40/h1-36H. The molecule has 0 aromatic heterocycles. The molecule has 0 saturated heterocycles. The molecule has 0 saturated carbocycles. The second kappa shape index (κ2) is 14.5. The van der Waals surface area contributed by atoms with Crippen molar-refractivity contribution < 1.29 is 0 Å². The maximum atomic E-state index is 6.57. The minimum atomic E-state index is 0.740. The maximum Gasteiger partial charge on any atom is 0.113 e. The van der Waals surface area contributed by atoms with Gasteiger partial charge in [-0.2, -0.15) is 0 Å². The highest BCUT2D eigenvalue weighted by molar-refractivity contribution is 6.45. The zero-order valence-electron chi connectivity index (χ0n) is 33.9. The van der Waals surface area contributed by atoms with E-state index in [0.717, 1.165) is 44.3 Å². The third-order valence-electron chi connectivity index (χ3n) is 12.8. The Morgan fingerprint density at radius 3 is 0.871 bits per heavy atom. The number of hydrogen-bond acceptors (Lipinski definition) is 0. The second-order valence-electron chi connectivity index (χ2n) is 16.4. The zero-order valence-corrected chi connectivity index (χ0v) is 33.9. The Labute approximate surface area is 363 Å². The molecule has 12 rings (SSSR count). The molecule has 0 unspecified atom stereocenters. The maximum absolute atomic E-state index is 6.57. The fourth-order valence-corrected chi connectivity index (χ4v) is 10.3. The van der Waals surface area contributed by atoms with Crippen LogP contribution in [0.2, 0.25) is 0 Å². The molecular formula is C60H36B2. The van der Waals surface area contributed by atoms with Gasteiger partial charge in [-0.05, 0) is 133 Å². The third-order valence-corrected chi connectivity index (χ3v) is 12.8. The summed E-state index contributed by atoms with van der Waals surface area (Å²) >= 11 is 0. The average molecular weight is 779 g/mol. The van der Waals surface area contributed by atoms with Crippen molar-refractivity contribution in [3.63, 3.8) is 0 Å². The summed E-state index contributed by atoms with van der Waals surface area (Å²) in [6, 6.07) is 79.1. The Morgan fingerprint density at radius 2 is 0.516 bits per heavy atom. The quantitative estimate of drug-likeness (QED) is 0.0896. The van der Waals surface area contributed by atoms with E-state index >= 15 is 0 Å². The van der Waals surface area contributed by atoms with E-state index in [-0.39, 0.29) is 0 Å². The molecule has 0 bridgehead atoms. The fraction of sp³-hybridized carbons (Fsp3) is 0. The van der Waals surface area contributed by atoms with Crippen molar-refractivity contribution in [2.45, 2.75) is 0 Å². The monoisotopic (exact) mass is 778 g/mol. The van der Waals surface area contributed by atoms with Gasteiger partial charge in [-0.15, -0.1) is 0 Å². The molecule has 0 aliphatic carbocycles. The van der Waals surface area contributed by atoms with Crippen LogP contribution in [0.3, 0.4) is 0 Å². The van der Waals surface area contributed by atoms with Crippen LogP contribution >= 0.6 is 0 Å². The van der Waals surface area contributed by atoms with Crippen molar-refractivity contribution in [2.75, 3.05) is 0 Å². The van der Waals surface area contributed by atoms with E-state index in [2.05, 4.69) is 206 Å². The van der Waals surface area contributed by atoms with Gasteiger partial charge in [-0.3, -0.25) is 0 Å². The van der Waals surface area contributed by atoms with Gasteiger partial charge in [0.05, 0.1) is 0 Å². The SMILES string of the molecule is [B]c1cccc(-c2cc(-c3ccccc3)c3c4cccc5c6c(-c7ccccc7)c(-c7cccc([B])c7)cc(-c7ccccc7)c6c6cccc(c3c2-c2ccccc2)c6c45)c1. The number of hydrogen-bond donors (Lipinski definition) is 0. The van der Waals surface area contributed by atoms with E-state index in [1.165, 1.54) is 87.2 Å². The summed E-state index contributed by atoms with van der Waals surface area (Å²) in [7, 11) is 13.1. The van der Waals surface area contributed by atoms with Crippen molar-refractivity contribution in [2.24, 2.45) is 0 Å². The predicted octanol–water partition coefficient (Wildman–Crippen LogP) is 14.5. The first kappa shape index (κ1) is 36.2. The number of rotatable bonds is 6. The van der Waals surface area contributed by atoms with E-state index in [4.69, 9.17) is 15.7 Å². The van der Waals surface area contributed by atoms with Crippen molar-refractivity contribution in [1.82, 2.24) is 0 Å². The molecule has 4 radical (unpaired) electrons. The van der Waals surface area contributed by atoms with Crippen LogP contribution in [-0.4, -0.2) is 15.7 Å². The normalized spacial score (nSPS) is 11.7. The van der Waals surface area contributed by atoms with Gasteiger partial charge in [-0.25, -0.2) is 0 Å². The van der Waals surface area contributed by atoms with Gasteiger partial charge in [0.15, 0.2) is 0 Å². The largest absolute Gasteiger partial charge is 0.113 e. The highest BCUT2D eigenvalue weighted by Gasteiger charge is 2.27. The Hall–Kier alpha value is -7.67. The number of fused-ring (bicyclic) bond motifs is 6. The molecule has 12 aromatic rings. The lowest BCUT2D eigenvalue weighted by atomic mass is 9.76. The lowest BCUT2D eigenvalue weighted by Crippen LogP contribution is -2.02. The Balaban J connectivity index is 1.39. The second-order valence-corrected chi connectivity index (χ2v) is 16.4. The highest BCUT2D eigenvalue weighted by atomic mass is 14.3. The highest BCUT2D eigenvalue weighted by Crippen LogP contribution is 2.55. The summed E-state index contributed by atoms with van der Waals surface area (Å²) in [6.45, 7) is 0. The van der Waals surface area contributed by atoms with Crippen molar-refractivity contribution >= 4 is 80.5 Å². The van der Waals surface area contributed by atoms with Crippen molar-refractivity contribution in [3.05, 3.63) is 218 Å². The number of benzene rings is 12. The molecule has 2 heteroatoms. The van der Waals surface area contributed by atoms with Crippen LogP contribution in [0.1, 0.15) is 0 Å². The summed E-state index contributed by atoms with van der Waals surface area (Å²) in [5, 5.41) is 12.4. The van der Waals surface area contributed by atoms with E-state index in [1.807, 2.05) is 12.1 Å². The van der Waals surface area contributed by atoms with Gasteiger partial charge in [0, 0.05) is 0 Å². The first-order valence-electron chi connectivity index (χ1n) is 21.3. The molecule has 0 fully saturated rings. The lowest BCUT2D eigenvalue weighted by molar-refractivity contribution is 1.61. The van der Waals surface area contributed by atoms with E-state index in [0.29, 0.717) is 0 Å². The molecule has 0 nitrogen and oxygen atoms in total. The van der Waals surface area contributed by atoms with Crippen molar-refractivity contribution in [1.29, 1.82) is 0 Å². The molecule has 0 atom stereocenters. The Kier molecular flexibility index (Phi) is 8.47. The van der Waals surface area contributed by atoms with Crippen LogP contribution in [0.5, 0.6) is 0 Å². The minimum Gasteiger partial charge on any atom is -0.0961 e. The van der Waals surface area contributed by atoms with Crippen LogP contribution in [0.25, 0.3) is 121 Å². The van der Waals surface area contributed by atoms with E-state index < -0.39 is 0 Å². The third kappa shape index (κ3) is 5.64. The lowest BCUT2D eigenvalue weighted by Gasteiger charge is -2.26. The summed E-state index contributed by atoms with van der Waals surface area (Å²) in [5.74, 6) is 0. The van der Waals surface area contributed by atoms with Gasteiger partial charge < -0.3 is 0 Å². The predicted molar refractivity (Wildman–Crippen MR) is 269 cm³/mol. The molecule has 282 valence electrons. The van der Waals surface area contributed by atoms with Crippen LogP contribution in [0, 0.1) is 0 Å². The topological polar surface area (TPSA) is 0 Å². The summed E-state index contributed by atoms with van der Waals surface area (Å²) in [6.07, 6.45) is 0. The summed E-state index contributed by atoms with van der Waals surface area (Å²) in [4.78, 5) is 0. The zero-order chi connectivity index (χ0) is 41.3. The molecule has 12 aromatic carbocycles.